The maximum atomic E-state index is 12.0. The standard InChI is InChI=1S/C15H22N2O2/c1-10-6-7-14(11(2)16-10)17-15(19)9-12-4-3-5-13(18)8-12/h3-5,8,10-11,14,16,18H,6-7,9H2,1-2H3,(H,17,19). The van der Waals surface area contributed by atoms with Crippen molar-refractivity contribution in [2.75, 3.05) is 0 Å². The minimum Gasteiger partial charge on any atom is -0.508 e. The van der Waals surface area contributed by atoms with Crippen LogP contribution in [0.5, 0.6) is 5.75 Å². The minimum atomic E-state index is 0.0128. The average Bonchev–Trinajstić information content (AvgIpc) is 2.33. The van der Waals surface area contributed by atoms with Gasteiger partial charge in [-0.15, -0.1) is 0 Å². The predicted octanol–water partition coefficient (Wildman–Crippen LogP) is 1.58. The third-order valence-corrected chi connectivity index (χ3v) is 3.68. The molecular formula is C15H22N2O2. The van der Waals surface area contributed by atoms with Crippen LogP contribution in [0.3, 0.4) is 0 Å². The number of aromatic hydroxyl groups is 1. The quantitative estimate of drug-likeness (QED) is 0.775. The number of carbonyl (C=O) groups excluding carboxylic acids is 1. The first kappa shape index (κ1) is 13.9. The number of hydrogen-bond donors (Lipinski definition) is 3. The summed E-state index contributed by atoms with van der Waals surface area (Å²) < 4.78 is 0. The summed E-state index contributed by atoms with van der Waals surface area (Å²) in [7, 11) is 0. The summed E-state index contributed by atoms with van der Waals surface area (Å²) in [5, 5.41) is 15.9. The summed E-state index contributed by atoms with van der Waals surface area (Å²) in [5.74, 6) is 0.214. The summed E-state index contributed by atoms with van der Waals surface area (Å²) in [6, 6.07) is 7.86. The van der Waals surface area contributed by atoms with Crippen LogP contribution in [0.25, 0.3) is 0 Å². The molecule has 1 aliphatic rings. The fourth-order valence-corrected chi connectivity index (χ4v) is 2.63. The zero-order valence-corrected chi connectivity index (χ0v) is 11.5. The van der Waals surface area contributed by atoms with Gasteiger partial charge < -0.3 is 15.7 Å². The molecule has 0 bridgehead atoms. The Labute approximate surface area is 114 Å². The number of carbonyl (C=O) groups is 1. The summed E-state index contributed by atoms with van der Waals surface area (Å²) >= 11 is 0. The average molecular weight is 262 g/mol. The van der Waals surface area contributed by atoms with Gasteiger partial charge in [0.05, 0.1) is 6.42 Å². The Morgan fingerprint density at radius 1 is 1.42 bits per heavy atom. The molecule has 0 aromatic heterocycles. The molecule has 1 amide bonds. The molecule has 1 aromatic rings. The molecule has 0 aliphatic carbocycles. The first-order valence-corrected chi connectivity index (χ1v) is 6.88. The first-order chi connectivity index (χ1) is 9.04. The molecule has 3 N–H and O–H groups in total. The largest absolute Gasteiger partial charge is 0.508 e. The number of phenols is 1. The molecule has 0 saturated carbocycles. The minimum absolute atomic E-state index is 0.0128. The van der Waals surface area contributed by atoms with E-state index in [0.717, 1.165) is 18.4 Å². The summed E-state index contributed by atoms with van der Waals surface area (Å²) in [6.45, 7) is 4.27. The molecule has 0 radical (unpaired) electrons. The van der Waals surface area contributed by atoms with E-state index in [-0.39, 0.29) is 17.7 Å². The Morgan fingerprint density at radius 3 is 2.89 bits per heavy atom. The van der Waals surface area contributed by atoms with Gasteiger partial charge in [-0.05, 0) is 44.4 Å². The number of amides is 1. The van der Waals surface area contributed by atoms with E-state index in [1.807, 2.05) is 6.07 Å². The van der Waals surface area contributed by atoms with Crippen molar-refractivity contribution in [3.05, 3.63) is 29.8 Å². The molecule has 1 aliphatic heterocycles. The van der Waals surface area contributed by atoms with Crippen molar-refractivity contribution in [3.8, 4) is 5.75 Å². The van der Waals surface area contributed by atoms with E-state index in [4.69, 9.17) is 0 Å². The van der Waals surface area contributed by atoms with Gasteiger partial charge in [0, 0.05) is 18.1 Å². The fourth-order valence-electron chi connectivity index (χ4n) is 2.63. The number of rotatable bonds is 3. The van der Waals surface area contributed by atoms with Crippen LogP contribution >= 0.6 is 0 Å². The van der Waals surface area contributed by atoms with Crippen LogP contribution in [0.1, 0.15) is 32.3 Å². The van der Waals surface area contributed by atoms with Gasteiger partial charge in [-0.2, -0.15) is 0 Å². The lowest BCUT2D eigenvalue weighted by atomic mass is 9.95. The molecule has 4 nitrogen and oxygen atoms in total. The van der Waals surface area contributed by atoms with E-state index in [9.17, 15) is 9.90 Å². The van der Waals surface area contributed by atoms with Crippen LogP contribution in [0, 0.1) is 0 Å². The van der Waals surface area contributed by atoms with Gasteiger partial charge in [-0.3, -0.25) is 4.79 Å². The molecule has 1 heterocycles. The summed E-state index contributed by atoms with van der Waals surface area (Å²) in [4.78, 5) is 12.0. The lowest BCUT2D eigenvalue weighted by Gasteiger charge is -2.34. The van der Waals surface area contributed by atoms with Crippen molar-refractivity contribution in [2.45, 2.75) is 51.2 Å². The molecular weight excluding hydrogens is 240 g/mol. The van der Waals surface area contributed by atoms with Crippen molar-refractivity contribution in [2.24, 2.45) is 0 Å². The highest BCUT2D eigenvalue weighted by atomic mass is 16.3. The van der Waals surface area contributed by atoms with Crippen molar-refractivity contribution < 1.29 is 9.90 Å². The highest BCUT2D eigenvalue weighted by Gasteiger charge is 2.25. The normalized spacial score (nSPS) is 26.9. The van der Waals surface area contributed by atoms with Crippen molar-refractivity contribution >= 4 is 5.91 Å². The van der Waals surface area contributed by atoms with Crippen molar-refractivity contribution in [1.29, 1.82) is 0 Å². The Kier molecular flexibility index (Phi) is 4.43. The number of nitrogens with one attached hydrogen (secondary N) is 2. The zero-order valence-electron chi connectivity index (χ0n) is 11.5. The van der Waals surface area contributed by atoms with E-state index in [0.29, 0.717) is 18.5 Å². The van der Waals surface area contributed by atoms with E-state index >= 15 is 0 Å². The van der Waals surface area contributed by atoms with Gasteiger partial charge in [0.25, 0.3) is 0 Å². The van der Waals surface area contributed by atoms with E-state index in [1.165, 1.54) is 0 Å². The molecule has 1 fully saturated rings. The predicted molar refractivity (Wildman–Crippen MR) is 75.0 cm³/mol. The van der Waals surface area contributed by atoms with Gasteiger partial charge >= 0.3 is 0 Å². The number of phenolic OH excluding ortho intramolecular Hbond substituents is 1. The molecule has 2 rings (SSSR count). The Morgan fingerprint density at radius 2 is 2.21 bits per heavy atom. The summed E-state index contributed by atoms with van der Waals surface area (Å²) in [5.41, 5.74) is 0.835. The lowest BCUT2D eigenvalue weighted by Crippen LogP contribution is -2.55. The molecule has 104 valence electrons. The first-order valence-electron chi connectivity index (χ1n) is 6.88. The van der Waals surface area contributed by atoms with Crippen molar-refractivity contribution in [1.82, 2.24) is 10.6 Å². The summed E-state index contributed by atoms with van der Waals surface area (Å²) in [6.07, 6.45) is 2.41. The van der Waals surface area contributed by atoms with Crippen LogP contribution in [0.15, 0.2) is 24.3 Å². The maximum absolute atomic E-state index is 12.0. The molecule has 19 heavy (non-hydrogen) atoms. The topological polar surface area (TPSA) is 61.4 Å². The Bertz CT molecular complexity index is 448. The highest BCUT2D eigenvalue weighted by Crippen LogP contribution is 2.14. The third kappa shape index (κ3) is 3.96. The van der Waals surface area contributed by atoms with Crippen molar-refractivity contribution in [3.63, 3.8) is 0 Å². The van der Waals surface area contributed by atoms with E-state index < -0.39 is 0 Å². The third-order valence-electron chi connectivity index (χ3n) is 3.68. The van der Waals surface area contributed by atoms with Crippen LogP contribution in [0.4, 0.5) is 0 Å². The highest BCUT2D eigenvalue weighted by molar-refractivity contribution is 5.79. The number of benzene rings is 1. The van der Waals surface area contributed by atoms with Gasteiger partial charge in [0.1, 0.15) is 5.75 Å². The lowest BCUT2D eigenvalue weighted by molar-refractivity contribution is -0.121. The van der Waals surface area contributed by atoms with Gasteiger partial charge in [-0.25, -0.2) is 0 Å². The second-order valence-corrected chi connectivity index (χ2v) is 5.45. The molecule has 0 spiro atoms. The Balaban J connectivity index is 1.87. The van der Waals surface area contributed by atoms with Crippen LogP contribution in [-0.4, -0.2) is 29.1 Å². The molecule has 4 heteroatoms. The van der Waals surface area contributed by atoms with Gasteiger partial charge in [0.15, 0.2) is 0 Å². The van der Waals surface area contributed by atoms with E-state index in [1.54, 1.807) is 18.2 Å². The molecule has 1 saturated heterocycles. The maximum Gasteiger partial charge on any atom is 0.224 e. The second-order valence-electron chi connectivity index (χ2n) is 5.45. The molecule has 1 aromatic carbocycles. The number of piperidine rings is 1. The monoisotopic (exact) mass is 262 g/mol. The number of hydrogen-bond acceptors (Lipinski definition) is 3. The second kappa shape index (κ2) is 6.06. The van der Waals surface area contributed by atoms with Crippen LogP contribution in [0.2, 0.25) is 0 Å². The molecule has 3 atom stereocenters. The zero-order chi connectivity index (χ0) is 13.8. The van der Waals surface area contributed by atoms with Crippen LogP contribution < -0.4 is 10.6 Å². The SMILES string of the molecule is CC1CCC(NC(=O)Cc2cccc(O)c2)C(C)N1. The fraction of sp³-hybridized carbons (Fsp3) is 0.533. The Hall–Kier alpha value is -1.55. The van der Waals surface area contributed by atoms with E-state index in [2.05, 4.69) is 24.5 Å². The van der Waals surface area contributed by atoms with Gasteiger partial charge in [0.2, 0.25) is 5.91 Å². The van der Waals surface area contributed by atoms with Crippen LogP contribution in [-0.2, 0) is 11.2 Å². The molecule has 3 unspecified atom stereocenters. The van der Waals surface area contributed by atoms with Gasteiger partial charge in [-0.1, -0.05) is 12.1 Å². The smallest absolute Gasteiger partial charge is 0.224 e.